The van der Waals surface area contributed by atoms with Gasteiger partial charge in [0.05, 0.1) is 16.9 Å². The predicted molar refractivity (Wildman–Crippen MR) is 131 cm³/mol. The normalized spacial score (nSPS) is 12.1. The van der Waals surface area contributed by atoms with Crippen molar-refractivity contribution in [3.05, 3.63) is 107 Å². The van der Waals surface area contributed by atoms with Gasteiger partial charge in [-0.2, -0.15) is 5.10 Å². The Balaban J connectivity index is 1.47. The third-order valence-corrected chi connectivity index (χ3v) is 5.91. The molecule has 170 valence electrons. The molecule has 0 fully saturated rings. The minimum atomic E-state index is -0.717. The van der Waals surface area contributed by atoms with Crippen molar-refractivity contribution in [2.24, 2.45) is 0 Å². The highest BCUT2D eigenvalue weighted by Crippen LogP contribution is 2.26. The van der Waals surface area contributed by atoms with Gasteiger partial charge in [0.25, 0.3) is 0 Å². The van der Waals surface area contributed by atoms with E-state index in [0.29, 0.717) is 17.6 Å². The van der Waals surface area contributed by atoms with Crippen LogP contribution in [-0.2, 0) is 11.3 Å². The Morgan fingerprint density at radius 3 is 2.35 bits per heavy atom. The first-order chi connectivity index (χ1) is 16.5. The van der Waals surface area contributed by atoms with E-state index in [1.165, 1.54) is 4.57 Å². The largest absolute Gasteiger partial charge is 0.420 e. The van der Waals surface area contributed by atoms with E-state index in [9.17, 15) is 9.59 Å². The lowest BCUT2D eigenvalue weighted by molar-refractivity contribution is -0.133. The monoisotopic (exact) mass is 452 g/mol. The summed E-state index contributed by atoms with van der Waals surface area (Å²) in [5, 5.41) is 4.82. The van der Waals surface area contributed by atoms with Crippen LogP contribution in [-0.4, -0.2) is 32.2 Å². The van der Waals surface area contributed by atoms with Gasteiger partial charge in [-0.05, 0) is 31.2 Å². The van der Waals surface area contributed by atoms with Gasteiger partial charge in [-0.15, -0.1) is 0 Å². The molecule has 0 aliphatic rings. The molecule has 1 unspecified atom stereocenters. The van der Waals surface area contributed by atoms with Crippen LogP contribution in [0.1, 0.15) is 18.5 Å². The van der Waals surface area contributed by atoms with Crippen molar-refractivity contribution < 1.29 is 9.21 Å². The number of likely N-dealkylation sites (N-methyl/N-ethyl adjacent to an activating group) is 1. The van der Waals surface area contributed by atoms with Crippen LogP contribution in [0.3, 0.4) is 0 Å². The Hall–Kier alpha value is -4.39. The lowest BCUT2D eigenvalue weighted by Gasteiger charge is -2.22. The zero-order chi connectivity index (χ0) is 23.7. The Bertz CT molecular complexity index is 1500. The molecule has 0 N–H and O–H groups in total. The predicted octanol–water partition coefficient (Wildman–Crippen LogP) is 4.67. The van der Waals surface area contributed by atoms with Gasteiger partial charge in [-0.1, -0.05) is 60.7 Å². The molecule has 7 nitrogen and oxygen atoms in total. The number of hydrogen-bond acceptors (Lipinski definition) is 4. The molecule has 34 heavy (non-hydrogen) atoms. The van der Waals surface area contributed by atoms with Crippen molar-refractivity contribution in [3.8, 4) is 16.9 Å². The maximum Gasteiger partial charge on any atom is 0.420 e. The van der Waals surface area contributed by atoms with E-state index in [-0.39, 0.29) is 5.91 Å². The van der Waals surface area contributed by atoms with Crippen molar-refractivity contribution in [3.63, 3.8) is 0 Å². The number of fused-ring (bicyclic) bond motifs is 1. The molecular weight excluding hydrogens is 428 g/mol. The summed E-state index contributed by atoms with van der Waals surface area (Å²) in [6.07, 6.45) is 1.95. The third kappa shape index (κ3) is 3.92. The van der Waals surface area contributed by atoms with Crippen molar-refractivity contribution in [2.75, 3.05) is 7.05 Å². The molecule has 1 amide bonds. The molecule has 1 atom stereocenters. The van der Waals surface area contributed by atoms with Crippen LogP contribution >= 0.6 is 0 Å². The fraction of sp³-hybridized carbons (Fsp3) is 0.148. The van der Waals surface area contributed by atoms with Gasteiger partial charge in [0.15, 0.2) is 5.58 Å². The van der Waals surface area contributed by atoms with Crippen LogP contribution in [0.25, 0.3) is 28.0 Å². The number of hydrogen-bond donors (Lipinski definition) is 0. The highest BCUT2D eigenvalue weighted by molar-refractivity contribution is 5.83. The number of para-hydroxylation sites is 3. The minimum Gasteiger partial charge on any atom is -0.408 e. The second kappa shape index (κ2) is 8.86. The summed E-state index contributed by atoms with van der Waals surface area (Å²) in [6, 6.07) is 26.1. The fourth-order valence-electron chi connectivity index (χ4n) is 4.19. The number of carbonyl (C=O) groups excluding carboxylic acids is 1. The highest BCUT2D eigenvalue weighted by Gasteiger charge is 2.25. The van der Waals surface area contributed by atoms with E-state index >= 15 is 0 Å². The third-order valence-electron chi connectivity index (χ3n) is 5.91. The second-order valence-electron chi connectivity index (χ2n) is 8.23. The highest BCUT2D eigenvalue weighted by atomic mass is 16.4. The topological polar surface area (TPSA) is 73.3 Å². The van der Waals surface area contributed by atoms with Gasteiger partial charge in [-0.25, -0.2) is 9.48 Å². The Labute approximate surface area is 196 Å². The molecule has 0 bridgehead atoms. The summed E-state index contributed by atoms with van der Waals surface area (Å²) >= 11 is 0. The van der Waals surface area contributed by atoms with Crippen molar-refractivity contribution >= 4 is 17.0 Å². The zero-order valence-electron chi connectivity index (χ0n) is 19.0. The second-order valence-corrected chi connectivity index (χ2v) is 8.23. The molecule has 0 radical (unpaired) electrons. The number of rotatable bonds is 6. The first-order valence-corrected chi connectivity index (χ1v) is 11.1. The van der Waals surface area contributed by atoms with Crippen LogP contribution < -0.4 is 5.76 Å². The quantitative estimate of drug-likeness (QED) is 0.375. The standard InChI is InChI=1S/C27H24N4O3/c1-19(31-23-15-9-10-16-24(23)34-27(31)33)26(32)29(2)17-21-18-30(22-13-7-4-8-14-22)28-25(21)20-11-5-3-6-12-20/h3-16,18-19H,17H2,1-2H3. The summed E-state index contributed by atoms with van der Waals surface area (Å²) in [5.74, 6) is -0.738. The molecule has 0 aliphatic carbocycles. The summed E-state index contributed by atoms with van der Waals surface area (Å²) in [6.45, 7) is 2.05. The molecule has 2 aromatic heterocycles. The average molecular weight is 453 g/mol. The molecule has 5 rings (SSSR count). The van der Waals surface area contributed by atoms with Crippen LogP contribution in [0.2, 0.25) is 0 Å². The Morgan fingerprint density at radius 2 is 1.62 bits per heavy atom. The van der Waals surface area contributed by atoms with Gasteiger partial charge in [0, 0.05) is 30.9 Å². The minimum absolute atomic E-state index is 0.194. The lowest BCUT2D eigenvalue weighted by Crippen LogP contribution is -2.35. The molecular formula is C27H24N4O3. The zero-order valence-corrected chi connectivity index (χ0v) is 19.0. The maximum absolute atomic E-state index is 13.4. The SMILES string of the molecule is CC(C(=O)N(C)Cc1cn(-c2ccccc2)nc1-c1ccccc1)n1c(=O)oc2ccccc21. The Kier molecular flexibility index (Phi) is 5.59. The maximum atomic E-state index is 13.4. The van der Waals surface area contributed by atoms with Crippen LogP contribution in [0.5, 0.6) is 0 Å². The summed E-state index contributed by atoms with van der Waals surface area (Å²) < 4.78 is 8.55. The van der Waals surface area contributed by atoms with E-state index in [0.717, 1.165) is 22.5 Å². The van der Waals surface area contributed by atoms with Gasteiger partial charge in [0.2, 0.25) is 5.91 Å². The van der Waals surface area contributed by atoms with Gasteiger partial charge in [-0.3, -0.25) is 9.36 Å². The molecule has 0 saturated carbocycles. The van der Waals surface area contributed by atoms with E-state index in [1.807, 2.05) is 77.6 Å². The van der Waals surface area contributed by atoms with Crippen molar-refractivity contribution in [1.29, 1.82) is 0 Å². The van der Waals surface area contributed by atoms with Crippen LogP contribution in [0.4, 0.5) is 0 Å². The smallest absolute Gasteiger partial charge is 0.408 e. The van der Waals surface area contributed by atoms with E-state index in [1.54, 1.807) is 37.1 Å². The van der Waals surface area contributed by atoms with Gasteiger partial charge in [0.1, 0.15) is 6.04 Å². The van der Waals surface area contributed by atoms with Gasteiger partial charge < -0.3 is 9.32 Å². The fourth-order valence-corrected chi connectivity index (χ4v) is 4.19. The molecule has 3 aromatic carbocycles. The van der Waals surface area contributed by atoms with Crippen LogP contribution in [0.15, 0.2) is 100 Å². The molecule has 2 heterocycles. The molecule has 0 saturated heterocycles. The van der Waals surface area contributed by atoms with E-state index in [4.69, 9.17) is 9.52 Å². The summed E-state index contributed by atoms with van der Waals surface area (Å²) in [7, 11) is 1.74. The molecule has 7 heteroatoms. The molecule has 0 aliphatic heterocycles. The van der Waals surface area contributed by atoms with E-state index < -0.39 is 11.8 Å². The Morgan fingerprint density at radius 1 is 0.971 bits per heavy atom. The van der Waals surface area contributed by atoms with Crippen molar-refractivity contribution in [1.82, 2.24) is 19.2 Å². The average Bonchev–Trinajstić information content (AvgIpc) is 3.44. The number of benzene rings is 3. The number of nitrogens with zero attached hydrogens (tertiary/aromatic N) is 4. The van der Waals surface area contributed by atoms with Crippen molar-refractivity contribution in [2.45, 2.75) is 19.5 Å². The number of oxazole rings is 1. The number of carbonyl (C=O) groups is 1. The first-order valence-electron chi connectivity index (χ1n) is 11.1. The van der Waals surface area contributed by atoms with E-state index in [2.05, 4.69) is 0 Å². The first kappa shape index (κ1) is 21.5. The summed E-state index contributed by atoms with van der Waals surface area (Å²) in [5.41, 5.74) is 4.68. The molecule has 0 spiro atoms. The van der Waals surface area contributed by atoms with Crippen LogP contribution in [0, 0.1) is 0 Å². The molecule has 5 aromatic rings. The number of aromatic nitrogens is 3. The number of amides is 1. The lowest BCUT2D eigenvalue weighted by atomic mass is 10.1. The van der Waals surface area contributed by atoms with Gasteiger partial charge >= 0.3 is 5.76 Å². The summed E-state index contributed by atoms with van der Waals surface area (Å²) in [4.78, 5) is 27.5.